The average Bonchev–Trinajstić information content (AvgIpc) is 2.47. The summed E-state index contributed by atoms with van der Waals surface area (Å²) in [7, 11) is 0. The molecular weight excluding hydrogens is 318 g/mol. The number of fused-ring (bicyclic) bond motifs is 1. The number of alkyl halides is 1. The normalized spacial score (nSPS) is 22.4. The zero-order valence-electron chi connectivity index (χ0n) is 11.3. The van der Waals surface area contributed by atoms with Gasteiger partial charge in [0.15, 0.2) is 0 Å². The van der Waals surface area contributed by atoms with Gasteiger partial charge in [0, 0.05) is 18.6 Å². The van der Waals surface area contributed by atoms with Gasteiger partial charge in [0.1, 0.15) is 5.71 Å². The van der Waals surface area contributed by atoms with Crippen molar-refractivity contribution in [3.05, 3.63) is 48.0 Å². The quantitative estimate of drug-likeness (QED) is 0.792. The predicted molar refractivity (Wildman–Crippen MR) is 84.3 cm³/mol. The number of oxime groups is 1. The SMILES string of the molecule is CCO[C@@H]1C[C@H](Br)C(c2ccc3ccccc3c2)=NO1. The molecule has 3 nitrogen and oxygen atoms in total. The Balaban J connectivity index is 1.90. The first-order valence-corrected chi connectivity index (χ1v) is 7.68. The highest BCUT2D eigenvalue weighted by Crippen LogP contribution is 2.25. The third kappa shape index (κ3) is 2.72. The molecule has 2 aromatic rings. The Morgan fingerprint density at radius 2 is 2.05 bits per heavy atom. The van der Waals surface area contributed by atoms with Gasteiger partial charge < -0.3 is 9.57 Å². The summed E-state index contributed by atoms with van der Waals surface area (Å²) in [6.45, 7) is 2.58. The summed E-state index contributed by atoms with van der Waals surface area (Å²) in [6.07, 6.45) is 0.507. The van der Waals surface area contributed by atoms with Gasteiger partial charge in [-0.3, -0.25) is 0 Å². The summed E-state index contributed by atoms with van der Waals surface area (Å²) in [5.74, 6) is 0. The van der Waals surface area contributed by atoms with Crippen LogP contribution < -0.4 is 0 Å². The zero-order valence-corrected chi connectivity index (χ0v) is 12.8. The summed E-state index contributed by atoms with van der Waals surface area (Å²) < 4.78 is 5.45. The number of hydrogen-bond acceptors (Lipinski definition) is 3. The lowest BCUT2D eigenvalue weighted by Crippen LogP contribution is -2.30. The van der Waals surface area contributed by atoms with Crippen LogP contribution in [0.3, 0.4) is 0 Å². The fourth-order valence-corrected chi connectivity index (χ4v) is 3.02. The van der Waals surface area contributed by atoms with E-state index in [1.165, 1.54) is 10.8 Å². The van der Waals surface area contributed by atoms with Crippen molar-refractivity contribution in [2.45, 2.75) is 24.5 Å². The van der Waals surface area contributed by atoms with Gasteiger partial charge in [0.25, 0.3) is 0 Å². The van der Waals surface area contributed by atoms with Crippen molar-refractivity contribution in [3.8, 4) is 0 Å². The number of rotatable bonds is 3. The molecule has 0 unspecified atom stereocenters. The number of nitrogens with zero attached hydrogens (tertiary/aromatic N) is 1. The van der Waals surface area contributed by atoms with Gasteiger partial charge >= 0.3 is 0 Å². The van der Waals surface area contributed by atoms with Crippen LogP contribution in [0.4, 0.5) is 0 Å². The Hall–Kier alpha value is -1.39. The summed E-state index contributed by atoms with van der Waals surface area (Å²) in [6, 6.07) is 14.6. The summed E-state index contributed by atoms with van der Waals surface area (Å²) in [4.78, 5) is 5.55. The van der Waals surface area contributed by atoms with Crippen LogP contribution in [0, 0.1) is 0 Å². The van der Waals surface area contributed by atoms with Crippen molar-refractivity contribution in [1.29, 1.82) is 0 Å². The van der Waals surface area contributed by atoms with Crippen molar-refractivity contribution in [2.75, 3.05) is 6.61 Å². The molecule has 0 N–H and O–H groups in total. The van der Waals surface area contributed by atoms with E-state index in [1.54, 1.807) is 0 Å². The molecule has 0 fully saturated rings. The molecule has 0 spiro atoms. The van der Waals surface area contributed by atoms with E-state index < -0.39 is 0 Å². The Morgan fingerprint density at radius 1 is 1.25 bits per heavy atom. The molecule has 2 atom stereocenters. The molecule has 104 valence electrons. The molecule has 0 bridgehead atoms. The standard InChI is InChI=1S/C16H16BrNO2/c1-2-19-15-10-14(17)16(18-20-15)13-8-7-11-5-3-4-6-12(11)9-13/h3-9,14-15H,2,10H2,1H3/t14-,15-/m0/s1. The summed E-state index contributed by atoms with van der Waals surface area (Å²) in [5, 5.41) is 6.67. The highest BCUT2D eigenvalue weighted by atomic mass is 79.9. The van der Waals surface area contributed by atoms with E-state index in [9.17, 15) is 0 Å². The first-order valence-electron chi connectivity index (χ1n) is 6.76. The maximum absolute atomic E-state index is 5.45. The van der Waals surface area contributed by atoms with Crippen LogP contribution in [0.2, 0.25) is 0 Å². The van der Waals surface area contributed by atoms with Crippen molar-refractivity contribution in [2.24, 2.45) is 5.16 Å². The average molecular weight is 334 g/mol. The van der Waals surface area contributed by atoms with E-state index in [0.717, 1.165) is 17.7 Å². The first-order chi connectivity index (χ1) is 9.78. The van der Waals surface area contributed by atoms with Gasteiger partial charge in [-0.2, -0.15) is 0 Å². The minimum atomic E-state index is -0.256. The third-order valence-electron chi connectivity index (χ3n) is 3.36. The highest BCUT2D eigenvalue weighted by Gasteiger charge is 2.27. The van der Waals surface area contributed by atoms with E-state index in [1.807, 2.05) is 19.1 Å². The maximum Gasteiger partial charge on any atom is 0.228 e. The summed E-state index contributed by atoms with van der Waals surface area (Å²) in [5.41, 5.74) is 2.01. The van der Waals surface area contributed by atoms with Gasteiger partial charge in [0.2, 0.25) is 6.29 Å². The zero-order chi connectivity index (χ0) is 13.9. The fourth-order valence-electron chi connectivity index (χ4n) is 2.36. The Bertz CT molecular complexity index is 641. The number of benzene rings is 2. The number of hydrogen-bond donors (Lipinski definition) is 0. The second-order valence-corrected chi connectivity index (χ2v) is 5.84. The number of ether oxygens (including phenoxy) is 1. The van der Waals surface area contributed by atoms with Crippen LogP contribution in [0.1, 0.15) is 18.9 Å². The molecule has 0 amide bonds. The van der Waals surface area contributed by atoms with Crippen LogP contribution in [0.25, 0.3) is 10.8 Å². The minimum Gasteiger partial charge on any atom is -0.363 e. The second-order valence-electron chi connectivity index (χ2n) is 4.73. The number of halogens is 1. The molecule has 20 heavy (non-hydrogen) atoms. The van der Waals surface area contributed by atoms with Gasteiger partial charge in [-0.25, -0.2) is 0 Å². The molecule has 0 radical (unpaired) electrons. The largest absolute Gasteiger partial charge is 0.363 e. The molecule has 4 heteroatoms. The lowest BCUT2D eigenvalue weighted by atomic mass is 10.0. The maximum atomic E-state index is 5.45. The van der Waals surface area contributed by atoms with E-state index in [0.29, 0.717) is 6.61 Å². The van der Waals surface area contributed by atoms with Gasteiger partial charge in [-0.1, -0.05) is 57.5 Å². The van der Waals surface area contributed by atoms with Crippen LogP contribution in [-0.2, 0) is 9.57 Å². The molecule has 2 aromatic carbocycles. The monoisotopic (exact) mass is 333 g/mol. The van der Waals surface area contributed by atoms with E-state index in [4.69, 9.17) is 9.57 Å². The van der Waals surface area contributed by atoms with Gasteiger partial charge in [0.05, 0.1) is 4.83 Å². The second kappa shape index (κ2) is 5.94. The van der Waals surface area contributed by atoms with E-state index in [-0.39, 0.29) is 11.1 Å². The summed E-state index contributed by atoms with van der Waals surface area (Å²) >= 11 is 3.68. The molecule has 0 aromatic heterocycles. The fraction of sp³-hybridized carbons (Fsp3) is 0.312. The van der Waals surface area contributed by atoms with E-state index in [2.05, 4.69) is 51.4 Å². The van der Waals surface area contributed by atoms with Crippen molar-refractivity contribution < 1.29 is 9.57 Å². The third-order valence-corrected chi connectivity index (χ3v) is 4.17. The molecule has 3 rings (SSSR count). The van der Waals surface area contributed by atoms with Crippen molar-refractivity contribution in [3.63, 3.8) is 0 Å². The predicted octanol–water partition coefficient (Wildman–Crippen LogP) is 4.09. The molecule has 1 aliphatic heterocycles. The molecule has 1 heterocycles. The lowest BCUT2D eigenvalue weighted by Gasteiger charge is -2.24. The molecule has 0 saturated heterocycles. The van der Waals surface area contributed by atoms with Crippen molar-refractivity contribution in [1.82, 2.24) is 0 Å². The van der Waals surface area contributed by atoms with Gasteiger partial charge in [-0.15, -0.1) is 0 Å². The molecular formula is C16H16BrNO2. The minimum absolute atomic E-state index is 0.147. The highest BCUT2D eigenvalue weighted by molar-refractivity contribution is 9.10. The molecule has 1 aliphatic rings. The van der Waals surface area contributed by atoms with E-state index >= 15 is 0 Å². The van der Waals surface area contributed by atoms with Crippen LogP contribution in [0.15, 0.2) is 47.6 Å². The smallest absolute Gasteiger partial charge is 0.228 e. The molecule has 0 saturated carbocycles. The Morgan fingerprint density at radius 3 is 2.80 bits per heavy atom. The lowest BCUT2D eigenvalue weighted by molar-refractivity contribution is -0.145. The van der Waals surface area contributed by atoms with Crippen LogP contribution >= 0.6 is 15.9 Å². The van der Waals surface area contributed by atoms with Crippen molar-refractivity contribution >= 4 is 32.4 Å². The topological polar surface area (TPSA) is 30.8 Å². The first kappa shape index (κ1) is 13.6. The van der Waals surface area contributed by atoms with Crippen LogP contribution in [0.5, 0.6) is 0 Å². The van der Waals surface area contributed by atoms with Crippen LogP contribution in [-0.4, -0.2) is 23.4 Å². The Kier molecular flexibility index (Phi) is 4.03. The van der Waals surface area contributed by atoms with Gasteiger partial charge in [-0.05, 0) is 23.8 Å². The Labute approximate surface area is 126 Å². The molecule has 0 aliphatic carbocycles.